The number of hydrogen-bond acceptors (Lipinski definition) is 3. The molecule has 0 bridgehead atoms. The predicted octanol–water partition coefficient (Wildman–Crippen LogP) is -1.16. The lowest BCUT2D eigenvalue weighted by molar-refractivity contribution is -0.146. The molecule has 1 atom stereocenters. The van der Waals surface area contributed by atoms with Crippen LogP contribution in [0.5, 0.6) is 0 Å². The molecule has 1 heterocycles. The number of ether oxygens (including phenoxy) is 1. The molecule has 61 valence electrons. The van der Waals surface area contributed by atoms with E-state index in [2.05, 4.69) is 0 Å². The maximum Gasteiger partial charge on any atom is 0.328 e. The number of rotatable bonds is 2. The number of amides is 1. The molecule has 1 aliphatic rings. The van der Waals surface area contributed by atoms with Gasteiger partial charge in [0.25, 0.3) is 0 Å². The molecule has 1 unspecified atom stereocenters. The minimum absolute atomic E-state index is 0.0601. The number of hydrogen-bond donors (Lipinski definition) is 1. The van der Waals surface area contributed by atoms with Crippen LogP contribution < -0.4 is 0 Å². The molecule has 1 N–H and O–H groups in total. The van der Waals surface area contributed by atoms with Crippen LogP contribution in [0.15, 0.2) is 0 Å². The Kier molecular flexibility index (Phi) is 2.43. The van der Waals surface area contributed by atoms with Crippen molar-refractivity contribution in [1.82, 2.24) is 4.90 Å². The lowest BCUT2D eigenvalue weighted by Gasteiger charge is -2.28. The molecule has 5 nitrogen and oxygen atoms in total. The van der Waals surface area contributed by atoms with E-state index in [1.165, 1.54) is 0 Å². The molecule has 1 saturated heterocycles. The highest BCUT2D eigenvalue weighted by atomic mass is 16.5. The van der Waals surface area contributed by atoms with Crippen molar-refractivity contribution >= 4 is 12.4 Å². The van der Waals surface area contributed by atoms with Crippen molar-refractivity contribution in [3.63, 3.8) is 0 Å². The second-order valence-corrected chi connectivity index (χ2v) is 2.21. The molecule has 0 saturated carbocycles. The van der Waals surface area contributed by atoms with Crippen molar-refractivity contribution in [1.29, 1.82) is 0 Å². The van der Waals surface area contributed by atoms with E-state index in [4.69, 9.17) is 9.84 Å². The maximum absolute atomic E-state index is 10.4. The first-order valence-corrected chi connectivity index (χ1v) is 3.20. The Balaban J connectivity index is 2.58. The molecule has 1 amide bonds. The average molecular weight is 158 g/mol. The lowest BCUT2D eigenvalue weighted by Crippen LogP contribution is -2.48. The first-order valence-electron chi connectivity index (χ1n) is 3.20. The fourth-order valence-electron chi connectivity index (χ4n) is 0.918. The van der Waals surface area contributed by atoms with Crippen LogP contribution in [0, 0.1) is 0 Å². The van der Waals surface area contributed by atoms with Crippen LogP contribution in [0.25, 0.3) is 0 Å². The molecule has 1 radical (unpaired) electrons. The van der Waals surface area contributed by atoms with Crippen molar-refractivity contribution in [2.24, 2.45) is 0 Å². The normalized spacial score (nSPS) is 24.7. The van der Waals surface area contributed by atoms with Crippen LogP contribution in [0.3, 0.4) is 0 Å². The second-order valence-electron chi connectivity index (χ2n) is 2.21. The van der Waals surface area contributed by atoms with E-state index in [0.717, 1.165) is 4.90 Å². The molecule has 11 heavy (non-hydrogen) atoms. The Labute approximate surface area is 63.5 Å². The summed E-state index contributed by atoms with van der Waals surface area (Å²) < 4.78 is 4.87. The van der Waals surface area contributed by atoms with Gasteiger partial charge in [-0.1, -0.05) is 0 Å². The Bertz CT molecular complexity index is 170. The molecular weight excluding hydrogens is 150 g/mol. The van der Waals surface area contributed by atoms with Gasteiger partial charge in [0.1, 0.15) is 0 Å². The molecule has 0 aromatic heterocycles. The fraction of sp³-hybridized carbons (Fsp3) is 0.667. The summed E-state index contributed by atoms with van der Waals surface area (Å²) >= 11 is 0. The van der Waals surface area contributed by atoms with Gasteiger partial charge in [-0.2, -0.15) is 0 Å². The predicted molar refractivity (Wildman–Crippen MR) is 34.6 cm³/mol. The Morgan fingerprint density at radius 3 is 2.91 bits per heavy atom. The standard InChI is InChI=1S/C6H8NO4/c8-4-7-1-2-11-3-5(7)6(9)10/h5H,1-3H2,(H,9,10). The molecule has 0 aromatic carbocycles. The summed E-state index contributed by atoms with van der Waals surface area (Å²) in [6.45, 7) is 0.754. The second kappa shape index (κ2) is 3.34. The summed E-state index contributed by atoms with van der Waals surface area (Å²) in [7, 11) is 0. The number of aliphatic carboxylic acids is 1. The van der Waals surface area contributed by atoms with Crippen LogP contribution in [-0.2, 0) is 14.3 Å². The van der Waals surface area contributed by atoms with Gasteiger partial charge in [0.05, 0.1) is 13.2 Å². The van der Waals surface area contributed by atoms with Crippen molar-refractivity contribution in [2.45, 2.75) is 6.04 Å². The zero-order valence-corrected chi connectivity index (χ0v) is 5.82. The van der Waals surface area contributed by atoms with Crippen molar-refractivity contribution < 1.29 is 19.4 Å². The van der Waals surface area contributed by atoms with Gasteiger partial charge in [-0.3, -0.25) is 4.79 Å². The van der Waals surface area contributed by atoms with Gasteiger partial charge >= 0.3 is 12.4 Å². The monoisotopic (exact) mass is 158 g/mol. The van der Waals surface area contributed by atoms with E-state index in [1.54, 1.807) is 6.41 Å². The average Bonchev–Trinajstić information content (AvgIpc) is 2.04. The third-order valence-corrected chi connectivity index (χ3v) is 1.53. The molecule has 1 aliphatic heterocycles. The third kappa shape index (κ3) is 1.68. The Morgan fingerprint density at radius 1 is 1.73 bits per heavy atom. The highest BCUT2D eigenvalue weighted by molar-refractivity contribution is 5.76. The molecule has 0 aliphatic carbocycles. The number of carbonyl (C=O) groups excluding carboxylic acids is 1. The van der Waals surface area contributed by atoms with E-state index < -0.39 is 12.0 Å². The van der Waals surface area contributed by atoms with E-state index in [0.29, 0.717) is 13.2 Å². The van der Waals surface area contributed by atoms with Gasteiger partial charge in [0.15, 0.2) is 6.04 Å². The number of carbonyl (C=O) groups is 1. The third-order valence-electron chi connectivity index (χ3n) is 1.53. The summed E-state index contributed by atoms with van der Waals surface area (Å²) in [6.07, 6.45) is 1.56. The molecule has 1 fully saturated rings. The Hall–Kier alpha value is -1.10. The van der Waals surface area contributed by atoms with E-state index in [9.17, 15) is 9.59 Å². The maximum atomic E-state index is 10.4. The highest BCUT2D eigenvalue weighted by Gasteiger charge is 2.28. The van der Waals surface area contributed by atoms with Crippen LogP contribution >= 0.6 is 0 Å². The summed E-state index contributed by atoms with van der Waals surface area (Å²) in [6, 6.07) is -0.860. The van der Waals surface area contributed by atoms with Crippen molar-refractivity contribution in [2.75, 3.05) is 19.8 Å². The SMILES string of the molecule is O=[C]N1CCOCC1C(=O)O. The zero-order valence-electron chi connectivity index (χ0n) is 5.82. The smallest absolute Gasteiger partial charge is 0.328 e. The van der Waals surface area contributed by atoms with Crippen LogP contribution in [0.4, 0.5) is 0 Å². The Morgan fingerprint density at radius 2 is 2.45 bits per heavy atom. The van der Waals surface area contributed by atoms with Gasteiger partial charge in [0, 0.05) is 6.54 Å². The minimum atomic E-state index is -1.05. The lowest BCUT2D eigenvalue weighted by atomic mass is 10.2. The fourth-order valence-corrected chi connectivity index (χ4v) is 0.918. The molecule has 1 rings (SSSR count). The van der Waals surface area contributed by atoms with Crippen LogP contribution in [0.1, 0.15) is 0 Å². The van der Waals surface area contributed by atoms with Gasteiger partial charge < -0.3 is 14.7 Å². The molecule has 5 heteroatoms. The number of morpholine rings is 1. The van der Waals surface area contributed by atoms with Gasteiger partial charge in [-0.25, -0.2) is 4.79 Å². The number of carboxylic acids is 1. The first kappa shape index (κ1) is 8.00. The summed E-state index contributed by atoms with van der Waals surface area (Å²) in [5.74, 6) is -1.05. The summed E-state index contributed by atoms with van der Waals surface area (Å²) in [4.78, 5) is 21.7. The highest BCUT2D eigenvalue weighted by Crippen LogP contribution is 2.03. The van der Waals surface area contributed by atoms with E-state index >= 15 is 0 Å². The van der Waals surface area contributed by atoms with E-state index in [-0.39, 0.29) is 6.61 Å². The molecular formula is C6H8NO4. The zero-order chi connectivity index (χ0) is 8.27. The van der Waals surface area contributed by atoms with Crippen molar-refractivity contribution in [3.8, 4) is 0 Å². The summed E-state index contributed by atoms with van der Waals surface area (Å²) in [5, 5.41) is 8.54. The van der Waals surface area contributed by atoms with Gasteiger partial charge in [0.2, 0.25) is 0 Å². The van der Waals surface area contributed by atoms with E-state index in [1.807, 2.05) is 0 Å². The van der Waals surface area contributed by atoms with Gasteiger partial charge in [-0.05, 0) is 0 Å². The number of carboxylic acid groups (broad SMARTS) is 1. The van der Waals surface area contributed by atoms with Crippen LogP contribution in [-0.4, -0.2) is 48.2 Å². The number of nitrogens with zero attached hydrogens (tertiary/aromatic N) is 1. The largest absolute Gasteiger partial charge is 0.480 e. The summed E-state index contributed by atoms with van der Waals surface area (Å²) in [5.41, 5.74) is 0. The topological polar surface area (TPSA) is 66.8 Å². The molecule has 0 aromatic rings. The van der Waals surface area contributed by atoms with Gasteiger partial charge in [-0.15, -0.1) is 0 Å². The molecule has 0 spiro atoms. The van der Waals surface area contributed by atoms with Crippen molar-refractivity contribution in [3.05, 3.63) is 0 Å². The first-order chi connectivity index (χ1) is 5.25. The van der Waals surface area contributed by atoms with Crippen LogP contribution in [0.2, 0.25) is 0 Å². The quantitative estimate of drug-likeness (QED) is 0.550. The minimum Gasteiger partial charge on any atom is -0.480 e.